The van der Waals surface area contributed by atoms with Gasteiger partial charge in [0.25, 0.3) is 5.91 Å². The van der Waals surface area contributed by atoms with Gasteiger partial charge >= 0.3 is 5.97 Å². The fourth-order valence-corrected chi connectivity index (χ4v) is 6.13. The summed E-state index contributed by atoms with van der Waals surface area (Å²) < 4.78 is 17.6. The molecule has 4 aromatic rings. The molecule has 1 N–H and O–H groups in total. The molecule has 3 unspecified atom stereocenters. The number of amides is 1. The Labute approximate surface area is 243 Å². The van der Waals surface area contributed by atoms with Crippen LogP contribution >= 0.6 is 0 Å². The van der Waals surface area contributed by atoms with E-state index < -0.39 is 17.6 Å². The van der Waals surface area contributed by atoms with Gasteiger partial charge in [-0.1, -0.05) is 49.4 Å². The summed E-state index contributed by atoms with van der Waals surface area (Å²) in [6.07, 6.45) is 3.06. The van der Waals surface area contributed by atoms with Gasteiger partial charge in [-0.2, -0.15) is 0 Å². The van der Waals surface area contributed by atoms with Crippen LogP contribution in [0.4, 0.5) is 15.9 Å². The Morgan fingerprint density at radius 3 is 2.36 bits per heavy atom. The Bertz CT molecular complexity index is 1590. The number of carbonyl (C=O) groups is 2. The molecular formula is C31H34FN7O3. The van der Waals surface area contributed by atoms with Crippen molar-refractivity contribution in [2.24, 2.45) is 11.8 Å². The maximum atomic E-state index is 15.9. The van der Waals surface area contributed by atoms with Crippen LogP contribution in [-0.2, 0) is 0 Å². The number of anilines is 2. The molecule has 0 bridgehead atoms. The molecule has 3 aromatic heterocycles. The molecule has 1 amide bonds. The van der Waals surface area contributed by atoms with Crippen LogP contribution in [0.15, 0.2) is 66.9 Å². The number of likely N-dealkylation sites (tertiary alicyclic amines) is 1. The second-order valence-corrected chi connectivity index (χ2v) is 11.6. The van der Waals surface area contributed by atoms with Crippen LogP contribution in [0.2, 0.25) is 0 Å². The fourth-order valence-electron chi connectivity index (χ4n) is 6.13. The number of carboxylic acids is 1. The van der Waals surface area contributed by atoms with Crippen LogP contribution in [0.1, 0.15) is 40.0 Å². The third-order valence-corrected chi connectivity index (χ3v) is 8.34. The van der Waals surface area contributed by atoms with E-state index >= 15 is 4.39 Å². The number of aromatic carboxylic acids is 1. The van der Waals surface area contributed by atoms with Crippen molar-refractivity contribution in [2.45, 2.75) is 25.9 Å². The van der Waals surface area contributed by atoms with Crippen LogP contribution in [0.25, 0.3) is 5.65 Å². The van der Waals surface area contributed by atoms with Crippen LogP contribution in [-0.4, -0.2) is 86.4 Å². The zero-order valence-corrected chi connectivity index (χ0v) is 23.7. The molecule has 6 heterocycles. The number of benzene rings is 1. The number of hydrogen-bond donors (Lipinski definition) is 1. The number of aryl methyl sites for hydroxylation is 1. The normalized spacial score (nSPS) is 23.2. The van der Waals surface area contributed by atoms with Gasteiger partial charge in [0.15, 0.2) is 17.0 Å². The molecule has 3 fully saturated rings. The quantitative estimate of drug-likeness (QED) is 0.392. The van der Waals surface area contributed by atoms with Gasteiger partial charge < -0.3 is 19.8 Å². The number of aromatic nitrogens is 4. The van der Waals surface area contributed by atoms with Crippen molar-refractivity contribution < 1.29 is 19.1 Å². The molecule has 3 aliphatic heterocycles. The van der Waals surface area contributed by atoms with Crippen LogP contribution in [0.3, 0.4) is 0 Å². The first kappa shape index (κ1) is 27.6. The number of rotatable bonds is 4. The largest absolute Gasteiger partial charge is 0.477 e. The van der Waals surface area contributed by atoms with E-state index in [1.54, 1.807) is 21.5 Å². The Morgan fingerprint density at radius 2 is 1.71 bits per heavy atom. The van der Waals surface area contributed by atoms with Crippen molar-refractivity contribution >= 4 is 29.0 Å². The first-order valence-electron chi connectivity index (χ1n) is 14.3. The minimum absolute atomic E-state index is 0.0485. The third kappa shape index (κ3) is 5.38. The van der Waals surface area contributed by atoms with Crippen molar-refractivity contribution in [3.63, 3.8) is 0 Å². The topological polar surface area (TPSA) is 107 Å². The lowest BCUT2D eigenvalue weighted by Crippen LogP contribution is -2.39. The minimum Gasteiger partial charge on any atom is -0.477 e. The van der Waals surface area contributed by atoms with Gasteiger partial charge in [0.2, 0.25) is 5.82 Å². The highest BCUT2D eigenvalue weighted by Gasteiger charge is 2.55. The zero-order chi connectivity index (χ0) is 29.4. The van der Waals surface area contributed by atoms with Crippen LogP contribution in [0.5, 0.6) is 0 Å². The molecule has 218 valence electrons. The number of alkyl halides is 1. The average molecular weight is 572 g/mol. The summed E-state index contributed by atoms with van der Waals surface area (Å²) in [5.74, 6) is -0.761. The van der Waals surface area contributed by atoms with Crippen molar-refractivity contribution in [2.75, 3.05) is 49.1 Å². The Balaban J connectivity index is 0.000000470. The standard InChI is InChI=1S/C25H28FN7O3.C6H6/c1-15-6-7-30(9-15)18-8-16(2)22-28-21(29-33(22)12-18)23(34)32-11-17-10-31(13-25(17,26)14-32)20-5-3-4-19(27-20)24(35)36;1-2-4-6-5-3-1/h3-5,8,12,15,17H,6-7,9-11,13-14H2,1-2H3,(H,35,36);1-6H. The summed E-state index contributed by atoms with van der Waals surface area (Å²) in [5.41, 5.74) is 0.938. The molecule has 3 aliphatic rings. The maximum Gasteiger partial charge on any atom is 0.354 e. The predicted octanol–water partition coefficient (Wildman–Crippen LogP) is 3.96. The molecule has 7 rings (SSSR count). The van der Waals surface area contributed by atoms with Crippen LogP contribution in [0, 0.1) is 18.8 Å². The van der Waals surface area contributed by atoms with Gasteiger partial charge in [-0.05, 0) is 43.0 Å². The van der Waals surface area contributed by atoms with E-state index in [-0.39, 0.29) is 37.1 Å². The molecule has 3 saturated heterocycles. The number of carboxylic acid groups (broad SMARTS) is 1. The maximum absolute atomic E-state index is 15.9. The van der Waals surface area contributed by atoms with Crippen molar-refractivity contribution in [1.82, 2.24) is 24.5 Å². The number of hydrogen-bond acceptors (Lipinski definition) is 7. The zero-order valence-electron chi connectivity index (χ0n) is 23.7. The summed E-state index contributed by atoms with van der Waals surface area (Å²) >= 11 is 0. The Kier molecular flexibility index (Phi) is 7.26. The highest BCUT2D eigenvalue weighted by Crippen LogP contribution is 2.40. The fraction of sp³-hybridized carbons (Fsp3) is 0.387. The summed E-state index contributed by atoms with van der Waals surface area (Å²) in [7, 11) is 0. The van der Waals surface area contributed by atoms with Crippen molar-refractivity contribution in [1.29, 1.82) is 0 Å². The highest BCUT2D eigenvalue weighted by atomic mass is 19.1. The molecule has 1 aromatic carbocycles. The van der Waals surface area contributed by atoms with Gasteiger partial charge in [0.05, 0.1) is 25.0 Å². The first-order chi connectivity index (χ1) is 20.2. The number of carbonyl (C=O) groups excluding carboxylic acids is 1. The first-order valence-corrected chi connectivity index (χ1v) is 14.3. The third-order valence-electron chi connectivity index (χ3n) is 8.34. The predicted molar refractivity (Wildman–Crippen MR) is 157 cm³/mol. The summed E-state index contributed by atoms with van der Waals surface area (Å²) in [6.45, 7) is 6.77. The molecule has 0 aliphatic carbocycles. The number of pyridine rings is 2. The van der Waals surface area contributed by atoms with E-state index in [1.807, 2.05) is 49.5 Å². The lowest BCUT2D eigenvalue weighted by molar-refractivity contribution is 0.0689. The molecular weight excluding hydrogens is 537 g/mol. The lowest BCUT2D eigenvalue weighted by atomic mass is 9.97. The highest BCUT2D eigenvalue weighted by molar-refractivity contribution is 5.91. The number of fused-ring (bicyclic) bond motifs is 2. The van der Waals surface area contributed by atoms with E-state index in [2.05, 4.69) is 33.0 Å². The van der Waals surface area contributed by atoms with Crippen molar-refractivity contribution in [3.05, 3.63) is 83.9 Å². The molecule has 0 spiro atoms. The molecule has 10 nitrogen and oxygen atoms in total. The van der Waals surface area contributed by atoms with Crippen LogP contribution < -0.4 is 9.80 Å². The minimum atomic E-state index is -1.61. The summed E-state index contributed by atoms with van der Waals surface area (Å²) in [4.78, 5) is 38.7. The Hall–Kier alpha value is -4.54. The van der Waals surface area contributed by atoms with Gasteiger partial charge in [-0.3, -0.25) is 4.79 Å². The number of nitrogens with zero attached hydrogens (tertiary/aromatic N) is 7. The molecule has 11 heteroatoms. The molecule has 3 atom stereocenters. The van der Waals surface area contributed by atoms with E-state index in [0.717, 1.165) is 30.8 Å². The molecule has 0 radical (unpaired) electrons. The van der Waals surface area contributed by atoms with E-state index in [4.69, 9.17) is 0 Å². The molecule has 0 saturated carbocycles. The number of halogens is 1. The SMILES string of the molecule is Cc1cc(N2CCC(C)C2)cn2nc(C(=O)N3CC4CN(c5cccc(C(=O)O)n5)CC4(F)C3)nc12.c1ccccc1. The Morgan fingerprint density at radius 1 is 0.976 bits per heavy atom. The summed E-state index contributed by atoms with van der Waals surface area (Å²) in [5, 5.41) is 13.7. The monoisotopic (exact) mass is 571 g/mol. The van der Waals surface area contributed by atoms with Gasteiger partial charge in [-0.25, -0.2) is 23.7 Å². The lowest BCUT2D eigenvalue weighted by Gasteiger charge is -2.23. The van der Waals surface area contributed by atoms with Gasteiger partial charge in [0.1, 0.15) is 5.82 Å². The van der Waals surface area contributed by atoms with E-state index in [9.17, 15) is 14.7 Å². The smallest absolute Gasteiger partial charge is 0.354 e. The summed E-state index contributed by atoms with van der Waals surface area (Å²) in [6, 6.07) is 18.8. The van der Waals surface area contributed by atoms with E-state index in [1.165, 1.54) is 11.0 Å². The van der Waals surface area contributed by atoms with Crippen molar-refractivity contribution in [3.8, 4) is 0 Å². The second kappa shape index (κ2) is 11.0. The molecule has 42 heavy (non-hydrogen) atoms. The second-order valence-electron chi connectivity index (χ2n) is 11.6. The van der Waals surface area contributed by atoms with E-state index in [0.29, 0.717) is 23.9 Å². The van der Waals surface area contributed by atoms with Gasteiger partial charge in [0, 0.05) is 32.1 Å². The average Bonchev–Trinajstić information content (AvgIpc) is 3.76. The van der Waals surface area contributed by atoms with Gasteiger partial charge in [-0.15, -0.1) is 5.10 Å².